The molecule has 0 saturated carbocycles. The van der Waals surface area contributed by atoms with E-state index >= 15 is 0 Å². The Hall–Kier alpha value is -2.68. The zero-order chi connectivity index (χ0) is 28.2. The summed E-state index contributed by atoms with van der Waals surface area (Å²) in [4.78, 5) is 15.3. The van der Waals surface area contributed by atoms with Crippen LogP contribution in [-0.2, 0) is 31.2 Å². The van der Waals surface area contributed by atoms with E-state index in [2.05, 4.69) is 15.4 Å². The molecule has 9 nitrogen and oxygen atoms in total. The van der Waals surface area contributed by atoms with Crippen molar-refractivity contribution < 1.29 is 28.3 Å². The van der Waals surface area contributed by atoms with Gasteiger partial charge in [-0.25, -0.2) is 9.65 Å². The number of aromatic nitrogens is 1. The number of rotatable bonds is 17. The number of para-hydroxylation sites is 1. The van der Waals surface area contributed by atoms with Gasteiger partial charge in [0.05, 0.1) is 19.8 Å². The van der Waals surface area contributed by atoms with E-state index in [0.717, 1.165) is 53.2 Å². The predicted octanol–water partition coefficient (Wildman–Crippen LogP) is 5.71. The zero-order valence-corrected chi connectivity index (χ0v) is 24.2. The molecule has 3 aromatic rings. The highest BCUT2D eigenvalue weighted by molar-refractivity contribution is 7.51. The number of H-pyrrole nitrogens is 1. The van der Waals surface area contributed by atoms with Gasteiger partial charge >= 0.3 is 13.7 Å². The first-order chi connectivity index (χ1) is 19.5. The average molecular weight is 572 g/mol. The number of unbranched alkanes of at least 4 members (excludes halogenated alkanes) is 1. The minimum absolute atomic E-state index is 0.113. The van der Waals surface area contributed by atoms with Crippen LogP contribution < -0.4 is 15.1 Å². The second-order valence-corrected chi connectivity index (χ2v) is 12.0. The van der Waals surface area contributed by atoms with Gasteiger partial charge in [0.2, 0.25) is 0 Å². The van der Waals surface area contributed by atoms with Crippen molar-refractivity contribution in [3.8, 4) is 5.75 Å². The Balaban J connectivity index is 1.25. The SMILES string of the molecule is CCOP(=O)(NC(Cc1ccc(OCCCCC2CCNCC2)cc1)C(=O)O)OCCc1c[nH]c2ccccc12. The Labute approximate surface area is 236 Å². The molecule has 1 fully saturated rings. The van der Waals surface area contributed by atoms with Crippen molar-refractivity contribution in [3.05, 3.63) is 65.9 Å². The number of carbonyl (C=O) groups is 1. The molecule has 218 valence electrons. The number of ether oxygens (including phenoxy) is 1. The van der Waals surface area contributed by atoms with Gasteiger partial charge in [-0.05, 0) is 93.8 Å². The molecule has 0 aliphatic carbocycles. The van der Waals surface area contributed by atoms with Gasteiger partial charge < -0.3 is 20.1 Å². The number of carboxylic acids is 1. The summed E-state index contributed by atoms with van der Waals surface area (Å²) in [5.41, 5.74) is 2.82. The van der Waals surface area contributed by atoms with E-state index in [0.29, 0.717) is 13.0 Å². The van der Waals surface area contributed by atoms with Crippen molar-refractivity contribution in [1.29, 1.82) is 0 Å². The molecule has 2 atom stereocenters. The minimum Gasteiger partial charge on any atom is -0.494 e. The monoisotopic (exact) mass is 571 g/mol. The van der Waals surface area contributed by atoms with Gasteiger partial charge in [0, 0.05) is 17.1 Å². The van der Waals surface area contributed by atoms with Gasteiger partial charge in [-0.3, -0.25) is 13.8 Å². The van der Waals surface area contributed by atoms with E-state index in [4.69, 9.17) is 13.8 Å². The Morgan fingerprint density at radius 1 is 1.07 bits per heavy atom. The number of nitrogens with one attached hydrogen (secondary N) is 3. The molecule has 2 unspecified atom stereocenters. The summed E-state index contributed by atoms with van der Waals surface area (Å²) in [7, 11) is -3.86. The van der Waals surface area contributed by atoms with Crippen molar-refractivity contribution in [2.75, 3.05) is 32.9 Å². The maximum atomic E-state index is 13.4. The third kappa shape index (κ3) is 9.18. The summed E-state index contributed by atoms with van der Waals surface area (Å²) in [5.74, 6) is 0.458. The number of aliphatic carboxylic acids is 1. The molecule has 40 heavy (non-hydrogen) atoms. The lowest BCUT2D eigenvalue weighted by molar-refractivity contribution is -0.139. The molecular weight excluding hydrogens is 529 g/mol. The molecule has 1 aliphatic heterocycles. The van der Waals surface area contributed by atoms with Gasteiger partial charge in [-0.15, -0.1) is 0 Å². The van der Waals surface area contributed by atoms with Crippen molar-refractivity contribution in [2.24, 2.45) is 5.92 Å². The maximum Gasteiger partial charge on any atom is 0.406 e. The average Bonchev–Trinajstić information content (AvgIpc) is 3.37. The van der Waals surface area contributed by atoms with Crippen molar-refractivity contribution in [1.82, 2.24) is 15.4 Å². The summed E-state index contributed by atoms with van der Waals surface area (Å²) < 4.78 is 30.3. The molecule has 0 bridgehead atoms. The first-order valence-electron chi connectivity index (χ1n) is 14.3. The Morgan fingerprint density at radius 2 is 1.85 bits per heavy atom. The number of fused-ring (bicyclic) bond motifs is 1. The van der Waals surface area contributed by atoms with E-state index < -0.39 is 19.8 Å². The number of hydrogen-bond donors (Lipinski definition) is 4. The number of carboxylic acid groups (broad SMARTS) is 1. The predicted molar refractivity (Wildman–Crippen MR) is 157 cm³/mol. The van der Waals surface area contributed by atoms with E-state index in [9.17, 15) is 14.5 Å². The highest BCUT2D eigenvalue weighted by Crippen LogP contribution is 2.44. The van der Waals surface area contributed by atoms with Crippen LogP contribution in [0.5, 0.6) is 5.75 Å². The standard InChI is InChI=1S/C30H42N3O6P/c1-2-38-40(36,39-20-16-25-22-32-28-9-4-3-8-27(25)28)33-29(30(34)35)21-24-10-12-26(13-11-24)37-19-6-5-7-23-14-17-31-18-15-23/h3-4,8-13,22-23,29,31-32H,2,5-7,14-21H2,1H3,(H,33,36)(H,34,35). The lowest BCUT2D eigenvalue weighted by Crippen LogP contribution is -2.37. The van der Waals surface area contributed by atoms with Crippen LogP contribution in [0.2, 0.25) is 0 Å². The maximum absolute atomic E-state index is 13.4. The quantitative estimate of drug-likeness (QED) is 0.120. The van der Waals surface area contributed by atoms with E-state index in [1.165, 1.54) is 25.7 Å². The molecule has 10 heteroatoms. The molecule has 1 aliphatic rings. The number of piperidine rings is 1. The van der Waals surface area contributed by atoms with Gasteiger partial charge in [0.15, 0.2) is 0 Å². The van der Waals surface area contributed by atoms with Crippen molar-refractivity contribution >= 4 is 24.6 Å². The number of hydrogen-bond acceptors (Lipinski definition) is 6. The smallest absolute Gasteiger partial charge is 0.406 e. The summed E-state index contributed by atoms with van der Waals surface area (Å²) in [5, 5.41) is 17.0. The van der Waals surface area contributed by atoms with Crippen LogP contribution in [0.3, 0.4) is 0 Å². The lowest BCUT2D eigenvalue weighted by atomic mass is 9.93. The van der Waals surface area contributed by atoms with E-state index in [-0.39, 0.29) is 19.6 Å². The molecule has 0 radical (unpaired) electrons. The minimum atomic E-state index is -3.86. The van der Waals surface area contributed by atoms with Crippen LogP contribution in [0.1, 0.15) is 50.2 Å². The first kappa shape index (κ1) is 30.3. The van der Waals surface area contributed by atoms with Crippen LogP contribution in [0.4, 0.5) is 0 Å². The van der Waals surface area contributed by atoms with Crippen molar-refractivity contribution in [3.63, 3.8) is 0 Å². The third-order valence-electron chi connectivity index (χ3n) is 7.32. The fourth-order valence-corrected chi connectivity index (χ4v) is 6.61. The van der Waals surface area contributed by atoms with Crippen LogP contribution >= 0.6 is 7.75 Å². The lowest BCUT2D eigenvalue weighted by Gasteiger charge is -2.23. The second kappa shape index (κ2) is 15.4. The fraction of sp³-hybridized carbons (Fsp3) is 0.500. The third-order valence-corrected chi connectivity index (χ3v) is 9.06. The number of benzene rings is 2. The molecular formula is C30H42N3O6P. The highest BCUT2D eigenvalue weighted by Gasteiger charge is 2.32. The van der Waals surface area contributed by atoms with Crippen molar-refractivity contribution in [2.45, 2.75) is 57.9 Å². The molecule has 4 rings (SSSR count). The largest absolute Gasteiger partial charge is 0.494 e. The Bertz CT molecular complexity index is 1240. The van der Waals surface area contributed by atoms with Crippen LogP contribution in [-0.4, -0.2) is 55.0 Å². The summed E-state index contributed by atoms with van der Waals surface area (Å²) in [6.45, 7) is 4.86. The summed E-state index contributed by atoms with van der Waals surface area (Å²) in [6, 6.07) is 14.1. The van der Waals surface area contributed by atoms with Crippen LogP contribution in [0.15, 0.2) is 54.7 Å². The Morgan fingerprint density at radius 3 is 2.60 bits per heavy atom. The molecule has 0 spiro atoms. The number of aromatic amines is 1. The second-order valence-electron chi connectivity index (χ2n) is 10.3. The Kier molecular flexibility index (Phi) is 11.6. The summed E-state index contributed by atoms with van der Waals surface area (Å²) >= 11 is 0. The van der Waals surface area contributed by atoms with E-state index in [1.54, 1.807) is 6.92 Å². The molecule has 2 heterocycles. The summed E-state index contributed by atoms with van der Waals surface area (Å²) in [6.07, 6.45) is 8.50. The van der Waals surface area contributed by atoms with E-state index in [1.807, 2.05) is 54.7 Å². The highest BCUT2D eigenvalue weighted by atomic mass is 31.2. The molecule has 1 saturated heterocycles. The molecule has 1 aromatic heterocycles. The molecule has 2 aromatic carbocycles. The zero-order valence-electron chi connectivity index (χ0n) is 23.3. The normalized spacial score (nSPS) is 16.5. The first-order valence-corrected chi connectivity index (χ1v) is 15.9. The van der Waals surface area contributed by atoms with Gasteiger partial charge in [-0.1, -0.05) is 36.8 Å². The molecule has 0 amide bonds. The van der Waals surface area contributed by atoms with Gasteiger partial charge in [-0.2, -0.15) is 0 Å². The van der Waals surface area contributed by atoms with Crippen LogP contribution in [0.25, 0.3) is 10.9 Å². The topological polar surface area (TPSA) is 122 Å². The van der Waals surface area contributed by atoms with Gasteiger partial charge in [0.1, 0.15) is 11.8 Å². The fourth-order valence-electron chi connectivity index (χ4n) is 5.13. The molecule has 4 N–H and O–H groups in total. The van der Waals surface area contributed by atoms with Gasteiger partial charge in [0.25, 0.3) is 0 Å². The van der Waals surface area contributed by atoms with Crippen LogP contribution in [0, 0.1) is 5.92 Å².